The number of benzene rings is 1. The summed E-state index contributed by atoms with van der Waals surface area (Å²) in [6, 6.07) is 2.18. The van der Waals surface area contributed by atoms with E-state index in [-0.39, 0.29) is 16.0 Å². The molecule has 3 rings (SSSR count). The average molecular weight is 394 g/mol. The first kappa shape index (κ1) is 17.3. The fourth-order valence-electron chi connectivity index (χ4n) is 2.12. The molecule has 0 radical (unpaired) electrons. The minimum atomic E-state index is -4.68. The van der Waals surface area contributed by atoms with Crippen molar-refractivity contribution < 1.29 is 22.5 Å². The number of fused-ring (bicyclic) bond motifs is 1. The van der Waals surface area contributed by atoms with Crippen LogP contribution in [0.4, 0.5) is 23.2 Å². The number of rotatable bonds is 2. The number of halogens is 5. The van der Waals surface area contributed by atoms with E-state index in [9.17, 15) is 32.5 Å². The highest BCUT2D eigenvalue weighted by atomic mass is 35.5. The van der Waals surface area contributed by atoms with Crippen LogP contribution in [-0.2, 0) is 6.18 Å². The molecule has 130 valence electrons. The molecule has 2 heterocycles. The summed E-state index contributed by atoms with van der Waals surface area (Å²) in [5.74, 6) is -1.48. The zero-order valence-electron chi connectivity index (χ0n) is 11.7. The van der Waals surface area contributed by atoms with Gasteiger partial charge in [-0.05, 0) is 6.07 Å². The molecular weight excluding hydrogens is 390 g/mol. The molecule has 0 amide bonds. The van der Waals surface area contributed by atoms with Crippen molar-refractivity contribution in [2.24, 2.45) is 0 Å². The fraction of sp³-hybridized carbons (Fsp3) is 0.0769. The molecule has 0 aliphatic rings. The number of hydrogen-bond acceptors (Lipinski definition) is 5. The molecule has 0 N–H and O–H groups in total. The molecule has 1 aromatic carbocycles. The first-order valence-corrected chi connectivity index (χ1v) is 7.51. The van der Waals surface area contributed by atoms with Gasteiger partial charge in [-0.25, -0.2) is 9.55 Å². The van der Waals surface area contributed by atoms with Crippen molar-refractivity contribution in [3.05, 3.63) is 60.6 Å². The number of nitro benzene ring substituents is 1. The molecule has 0 unspecified atom stereocenters. The Labute approximate surface area is 144 Å². The van der Waals surface area contributed by atoms with E-state index in [4.69, 9.17) is 11.6 Å². The van der Waals surface area contributed by atoms with Crippen LogP contribution in [0.1, 0.15) is 5.56 Å². The second kappa shape index (κ2) is 5.77. The van der Waals surface area contributed by atoms with Gasteiger partial charge in [-0.3, -0.25) is 14.9 Å². The Hall–Kier alpha value is -2.53. The number of nitrogens with zero attached hydrogens (tertiary/aromatic N) is 3. The number of pyridine rings is 1. The molecule has 0 atom stereocenters. The monoisotopic (exact) mass is 393 g/mol. The molecule has 0 aliphatic heterocycles. The second-order valence-corrected chi connectivity index (χ2v) is 6.16. The van der Waals surface area contributed by atoms with Crippen LogP contribution in [-0.4, -0.2) is 14.5 Å². The van der Waals surface area contributed by atoms with Gasteiger partial charge < -0.3 is 0 Å². The molecule has 2 aromatic heterocycles. The molecule has 25 heavy (non-hydrogen) atoms. The Kier molecular flexibility index (Phi) is 4.00. The normalized spacial score (nSPS) is 11.9. The molecule has 0 aliphatic carbocycles. The number of thiazole rings is 1. The van der Waals surface area contributed by atoms with Crippen LogP contribution in [0.25, 0.3) is 16.0 Å². The van der Waals surface area contributed by atoms with E-state index in [0.717, 1.165) is 16.7 Å². The van der Waals surface area contributed by atoms with Crippen LogP contribution in [0.5, 0.6) is 0 Å². The topological polar surface area (TPSA) is 78.0 Å². The predicted molar refractivity (Wildman–Crippen MR) is 81.8 cm³/mol. The lowest BCUT2D eigenvalue weighted by Crippen LogP contribution is -2.14. The summed E-state index contributed by atoms with van der Waals surface area (Å²) in [7, 11) is 0. The Balaban J connectivity index is 2.29. The van der Waals surface area contributed by atoms with Gasteiger partial charge in [0, 0.05) is 18.3 Å². The molecule has 6 nitrogen and oxygen atoms in total. The zero-order valence-corrected chi connectivity index (χ0v) is 13.2. The summed E-state index contributed by atoms with van der Waals surface area (Å²) in [5.41, 5.74) is -2.09. The zero-order chi connectivity index (χ0) is 18.5. The standard InChI is InChI=1S/C13H4ClF4N3O3S/c14-6-1-5(13(16,17)18)4-19-11(6)20-9-3-8(21(23)24)7(15)2-10(9)25-12(20)22/h1-4H. The summed E-state index contributed by atoms with van der Waals surface area (Å²) >= 11 is 6.36. The summed E-state index contributed by atoms with van der Waals surface area (Å²) in [5, 5.41) is 10.4. The number of nitro groups is 1. The highest BCUT2D eigenvalue weighted by molar-refractivity contribution is 7.16. The van der Waals surface area contributed by atoms with Gasteiger partial charge in [-0.15, -0.1) is 0 Å². The first-order chi connectivity index (χ1) is 11.6. The lowest BCUT2D eigenvalue weighted by atomic mass is 10.2. The van der Waals surface area contributed by atoms with Crippen molar-refractivity contribution >= 4 is 38.8 Å². The quantitative estimate of drug-likeness (QED) is 0.372. The van der Waals surface area contributed by atoms with Crippen LogP contribution in [0.15, 0.2) is 29.2 Å². The van der Waals surface area contributed by atoms with Gasteiger partial charge in [-0.1, -0.05) is 22.9 Å². The van der Waals surface area contributed by atoms with Gasteiger partial charge in [0.2, 0.25) is 5.82 Å². The smallest absolute Gasteiger partial charge is 0.258 e. The summed E-state index contributed by atoms with van der Waals surface area (Å²) in [6.07, 6.45) is -4.20. The highest BCUT2D eigenvalue weighted by Gasteiger charge is 2.32. The first-order valence-electron chi connectivity index (χ1n) is 6.32. The summed E-state index contributed by atoms with van der Waals surface area (Å²) < 4.78 is 52.6. The molecule has 0 saturated carbocycles. The lowest BCUT2D eigenvalue weighted by molar-refractivity contribution is -0.387. The third kappa shape index (κ3) is 2.96. The van der Waals surface area contributed by atoms with Crippen LogP contribution >= 0.6 is 22.9 Å². The third-order valence-electron chi connectivity index (χ3n) is 3.21. The van der Waals surface area contributed by atoms with Crippen LogP contribution in [0.3, 0.4) is 0 Å². The van der Waals surface area contributed by atoms with E-state index >= 15 is 0 Å². The van der Waals surface area contributed by atoms with Crippen molar-refractivity contribution in [1.29, 1.82) is 0 Å². The Morgan fingerprint density at radius 2 is 1.96 bits per heavy atom. The van der Waals surface area contributed by atoms with E-state index in [2.05, 4.69) is 4.98 Å². The molecule has 0 saturated heterocycles. The average Bonchev–Trinajstić information content (AvgIpc) is 2.80. The SMILES string of the molecule is O=c1sc2cc(F)c([N+](=O)[O-])cc2n1-c1ncc(C(F)(F)F)cc1Cl. The van der Waals surface area contributed by atoms with E-state index in [1.54, 1.807) is 0 Å². The predicted octanol–water partition coefficient (Wildman–Crippen LogP) is 4.17. The summed E-state index contributed by atoms with van der Waals surface area (Å²) in [4.78, 5) is 24.8. The van der Waals surface area contributed by atoms with Crippen molar-refractivity contribution in [1.82, 2.24) is 9.55 Å². The largest absolute Gasteiger partial charge is 0.417 e. The maximum atomic E-state index is 13.7. The Bertz CT molecular complexity index is 1080. The number of alkyl halides is 3. The molecule has 3 aromatic rings. The van der Waals surface area contributed by atoms with Crippen LogP contribution in [0, 0.1) is 15.9 Å². The van der Waals surface area contributed by atoms with Crippen LogP contribution in [0.2, 0.25) is 5.02 Å². The fourth-order valence-corrected chi connectivity index (χ4v) is 3.25. The van der Waals surface area contributed by atoms with Crippen LogP contribution < -0.4 is 4.87 Å². The Morgan fingerprint density at radius 1 is 1.28 bits per heavy atom. The van der Waals surface area contributed by atoms with Crippen molar-refractivity contribution in [2.75, 3.05) is 0 Å². The minimum Gasteiger partial charge on any atom is -0.258 e. The molecule has 0 fully saturated rings. The van der Waals surface area contributed by atoms with Crippen molar-refractivity contribution in [3.8, 4) is 5.82 Å². The highest BCUT2D eigenvalue weighted by Crippen LogP contribution is 2.33. The van der Waals surface area contributed by atoms with Gasteiger partial charge >= 0.3 is 16.7 Å². The molecule has 0 bridgehead atoms. The van der Waals surface area contributed by atoms with E-state index < -0.39 is 38.1 Å². The van der Waals surface area contributed by atoms with Crippen molar-refractivity contribution in [2.45, 2.75) is 6.18 Å². The van der Waals surface area contributed by atoms with Gasteiger partial charge in [0.15, 0.2) is 5.82 Å². The van der Waals surface area contributed by atoms with E-state index in [0.29, 0.717) is 23.6 Å². The third-order valence-corrected chi connectivity index (χ3v) is 4.39. The van der Waals surface area contributed by atoms with E-state index in [1.165, 1.54) is 0 Å². The van der Waals surface area contributed by atoms with Crippen molar-refractivity contribution in [3.63, 3.8) is 0 Å². The molecular formula is C13H4ClF4N3O3S. The van der Waals surface area contributed by atoms with Gasteiger partial charge in [-0.2, -0.15) is 17.6 Å². The number of aromatic nitrogens is 2. The maximum Gasteiger partial charge on any atom is 0.417 e. The van der Waals surface area contributed by atoms with Gasteiger partial charge in [0.1, 0.15) is 0 Å². The molecule has 0 spiro atoms. The molecule has 12 heteroatoms. The second-order valence-electron chi connectivity index (χ2n) is 4.76. The maximum absolute atomic E-state index is 13.7. The number of hydrogen-bond donors (Lipinski definition) is 0. The minimum absolute atomic E-state index is 0.0610. The lowest BCUT2D eigenvalue weighted by Gasteiger charge is -2.09. The van der Waals surface area contributed by atoms with Gasteiger partial charge in [0.25, 0.3) is 0 Å². The van der Waals surface area contributed by atoms with Gasteiger partial charge in [0.05, 0.1) is 25.7 Å². The van der Waals surface area contributed by atoms with E-state index in [1.807, 2.05) is 0 Å². The Morgan fingerprint density at radius 3 is 2.52 bits per heavy atom. The summed E-state index contributed by atoms with van der Waals surface area (Å²) in [6.45, 7) is 0.